The molecule has 0 saturated carbocycles. The minimum atomic E-state index is -0.376. The van der Waals surface area contributed by atoms with Gasteiger partial charge in [-0.2, -0.15) is 16.9 Å². The van der Waals surface area contributed by atoms with Gasteiger partial charge in [0.15, 0.2) is 0 Å². The Bertz CT molecular complexity index is 425. The van der Waals surface area contributed by atoms with Crippen LogP contribution >= 0.6 is 23.4 Å². The van der Waals surface area contributed by atoms with E-state index in [1.807, 2.05) is 11.8 Å². The van der Waals surface area contributed by atoms with Crippen molar-refractivity contribution < 1.29 is 5.11 Å². The SMILES string of the molecule is CCSCCCNc1cnn(CCO)c(=O)c1Cl. The van der Waals surface area contributed by atoms with Crippen molar-refractivity contribution in [3.8, 4) is 0 Å². The molecule has 1 aromatic heterocycles. The predicted molar refractivity (Wildman–Crippen MR) is 76.7 cm³/mol. The summed E-state index contributed by atoms with van der Waals surface area (Å²) in [5.74, 6) is 2.19. The zero-order valence-electron chi connectivity index (χ0n) is 10.4. The van der Waals surface area contributed by atoms with Crippen LogP contribution in [0.3, 0.4) is 0 Å². The average molecular weight is 292 g/mol. The van der Waals surface area contributed by atoms with Gasteiger partial charge in [-0.1, -0.05) is 18.5 Å². The Kier molecular flexibility index (Phi) is 7.15. The molecule has 0 aromatic carbocycles. The van der Waals surface area contributed by atoms with Crippen molar-refractivity contribution in [3.05, 3.63) is 21.6 Å². The summed E-state index contributed by atoms with van der Waals surface area (Å²) >= 11 is 7.83. The quantitative estimate of drug-likeness (QED) is 0.710. The Balaban J connectivity index is 2.57. The maximum absolute atomic E-state index is 11.7. The van der Waals surface area contributed by atoms with E-state index in [0.717, 1.165) is 29.2 Å². The van der Waals surface area contributed by atoms with Crippen molar-refractivity contribution in [2.75, 3.05) is 30.0 Å². The van der Waals surface area contributed by atoms with Crippen molar-refractivity contribution in [1.82, 2.24) is 9.78 Å². The molecular weight excluding hydrogens is 274 g/mol. The number of aromatic nitrogens is 2. The van der Waals surface area contributed by atoms with Gasteiger partial charge in [0, 0.05) is 6.54 Å². The molecule has 0 atom stereocenters. The summed E-state index contributed by atoms with van der Waals surface area (Å²) < 4.78 is 1.15. The van der Waals surface area contributed by atoms with Crippen LogP contribution in [0.25, 0.3) is 0 Å². The topological polar surface area (TPSA) is 67.2 Å². The van der Waals surface area contributed by atoms with Gasteiger partial charge in [-0.25, -0.2) is 4.68 Å². The van der Waals surface area contributed by atoms with Crippen LogP contribution in [0.1, 0.15) is 13.3 Å². The van der Waals surface area contributed by atoms with E-state index in [1.54, 1.807) is 0 Å². The molecule has 0 spiro atoms. The van der Waals surface area contributed by atoms with Crippen LogP contribution in [0.4, 0.5) is 5.69 Å². The number of anilines is 1. The van der Waals surface area contributed by atoms with Gasteiger partial charge >= 0.3 is 0 Å². The van der Waals surface area contributed by atoms with E-state index in [2.05, 4.69) is 17.3 Å². The second-order valence-corrected chi connectivity index (χ2v) is 5.37. The van der Waals surface area contributed by atoms with Gasteiger partial charge in [0.2, 0.25) is 0 Å². The maximum Gasteiger partial charge on any atom is 0.287 e. The smallest absolute Gasteiger partial charge is 0.287 e. The molecule has 102 valence electrons. The predicted octanol–water partition coefficient (Wildman–Crippen LogP) is 1.44. The van der Waals surface area contributed by atoms with Crippen LogP contribution in [0.5, 0.6) is 0 Å². The van der Waals surface area contributed by atoms with Crippen LogP contribution in [-0.2, 0) is 6.54 Å². The molecule has 18 heavy (non-hydrogen) atoms. The Morgan fingerprint density at radius 1 is 1.61 bits per heavy atom. The molecular formula is C11H18ClN3O2S. The normalized spacial score (nSPS) is 10.6. The first kappa shape index (κ1) is 15.3. The minimum absolute atomic E-state index is 0.126. The molecule has 2 N–H and O–H groups in total. The summed E-state index contributed by atoms with van der Waals surface area (Å²) in [5, 5.41) is 15.9. The lowest BCUT2D eigenvalue weighted by Gasteiger charge is -2.09. The lowest BCUT2D eigenvalue weighted by atomic mass is 10.4. The number of halogens is 1. The van der Waals surface area contributed by atoms with Crippen molar-refractivity contribution in [2.24, 2.45) is 0 Å². The van der Waals surface area contributed by atoms with E-state index >= 15 is 0 Å². The number of thioether (sulfide) groups is 1. The van der Waals surface area contributed by atoms with Crippen molar-refractivity contribution >= 4 is 29.1 Å². The molecule has 1 heterocycles. The minimum Gasteiger partial charge on any atom is -0.394 e. The third kappa shape index (κ3) is 4.51. The fraction of sp³-hybridized carbons (Fsp3) is 0.636. The third-order valence-electron chi connectivity index (χ3n) is 2.28. The maximum atomic E-state index is 11.7. The Morgan fingerprint density at radius 2 is 2.39 bits per heavy atom. The molecule has 0 amide bonds. The molecule has 0 aliphatic rings. The molecule has 0 aliphatic heterocycles. The lowest BCUT2D eigenvalue weighted by molar-refractivity contribution is 0.266. The van der Waals surface area contributed by atoms with Gasteiger partial charge in [-0.05, 0) is 17.9 Å². The molecule has 0 fully saturated rings. The summed E-state index contributed by atoms with van der Waals surface area (Å²) in [5.41, 5.74) is 0.177. The van der Waals surface area contributed by atoms with E-state index in [-0.39, 0.29) is 23.7 Å². The number of nitrogens with one attached hydrogen (secondary N) is 1. The molecule has 0 bridgehead atoms. The highest BCUT2D eigenvalue weighted by Crippen LogP contribution is 2.15. The largest absolute Gasteiger partial charge is 0.394 e. The number of aliphatic hydroxyl groups excluding tert-OH is 1. The van der Waals surface area contributed by atoms with Gasteiger partial charge in [-0.15, -0.1) is 0 Å². The number of aliphatic hydroxyl groups is 1. The Morgan fingerprint density at radius 3 is 3.06 bits per heavy atom. The van der Waals surface area contributed by atoms with Gasteiger partial charge in [0.25, 0.3) is 5.56 Å². The van der Waals surface area contributed by atoms with Gasteiger partial charge in [-0.3, -0.25) is 4.79 Å². The van der Waals surface area contributed by atoms with Crippen molar-refractivity contribution in [2.45, 2.75) is 19.9 Å². The Labute approximate surface area is 116 Å². The number of rotatable bonds is 8. The lowest BCUT2D eigenvalue weighted by Crippen LogP contribution is -2.25. The van der Waals surface area contributed by atoms with E-state index in [9.17, 15) is 4.79 Å². The highest BCUT2D eigenvalue weighted by Gasteiger charge is 2.08. The fourth-order valence-electron chi connectivity index (χ4n) is 1.38. The highest BCUT2D eigenvalue weighted by atomic mass is 35.5. The molecule has 0 unspecified atom stereocenters. The first-order valence-electron chi connectivity index (χ1n) is 5.88. The summed E-state index contributed by atoms with van der Waals surface area (Å²) in [7, 11) is 0. The second-order valence-electron chi connectivity index (χ2n) is 3.60. The van der Waals surface area contributed by atoms with E-state index < -0.39 is 0 Å². The first-order chi connectivity index (χ1) is 8.70. The van der Waals surface area contributed by atoms with Crippen molar-refractivity contribution in [3.63, 3.8) is 0 Å². The third-order valence-corrected chi connectivity index (χ3v) is 3.63. The van der Waals surface area contributed by atoms with Crippen LogP contribution in [0, 0.1) is 0 Å². The first-order valence-corrected chi connectivity index (χ1v) is 7.42. The number of hydrogen-bond donors (Lipinski definition) is 2. The molecule has 5 nitrogen and oxygen atoms in total. The second kappa shape index (κ2) is 8.39. The van der Waals surface area contributed by atoms with E-state index in [1.165, 1.54) is 6.20 Å². The molecule has 0 saturated heterocycles. The summed E-state index contributed by atoms with van der Waals surface area (Å²) in [6.45, 7) is 2.91. The zero-order chi connectivity index (χ0) is 13.4. The summed E-state index contributed by atoms with van der Waals surface area (Å²) in [4.78, 5) is 11.7. The van der Waals surface area contributed by atoms with Crippen LogP contribution in [-0.4, -0.2) is 39.5 Å². The van der Waals surface area contributed by atoms with E-state index in [0.29, 0.717) is 5.69 Å². The standard InChI is InChI=1S/C11H18ClN3O2S/c1-2-18-7-3-4-13-9-8-14-15(5-6-16)11(17)10(9)12/h8,13,16H,2-7H2,1H3. The molecule has 1 rings (SSSR count). The number of hydrogen-bond acceptors (Lipinski definition) is 5. The summed E-state index contributed by atoms with van der Waals surface area (Å²) in [6, 6.07) is 0. The van der Waals surface area contributed by atoms with Gasteiger partial charge in [0.1, 0.15) is 5.02 Å². The molecule has 0 aliphatic carbocycles. The highest BCUT2D eigenvalue weighted by molar-refractivity contribution is 7.99. The van der Waals surface area contributed by atoms with Gasteiger partial charge < -0.3 is 10.4 Å². The number of nitrogens with zero attached hydrogens (tertiary/aromatic N) is 2. The fourth-order valence-corrected chi connectivity index (χ4v) is 2.23. The monoisotopic (exact) mass is 291 g/mol. The summed E-state index contributed by atoms with van der Waals surface area (Å²) in [6.07, 6.45) is 2.53. The molecule has 1 aromatic rings. The van der Waals surface area contributed by atoms with Crippen LogP contribution in [0.15, 0.2) is 11.0 Å². The van der Waals surface area contributed by atoms with Crippen LogP contribution in [0.2, 0.25) is 5.02 Å². The van der Waals surface area contributed by atoms with E-state index in [4.69, 9.17) is 16.7 Å². The van der Waals surface area contributed by atoms with Crippen molar-refractivity contribution in [1.29, 1.82) is 0 Å². The zero-order valence-corrected chi connectivity index (χ0v) is 11.9. The van der Waals surface area contributed by atoms with Gasteiger partial charge in [0.05, 0.1) is 25.0 Å². The molecule has 0 radical (unpaired) electrons. The Hall–Kier alpha value is -0.720. The average Bonchev–Trinajstić information content (AvgIpc) is 2.37. The van der Waals surface area contributed by atoms with Crippen LogP contribution < -0.4 is 10.9 Å². The molecule has 7 heteroatoms.